The Morgan fingerprint density at radius 2 is 2.08 bits per heavy atom. The normalized spacial score (nSPS) is 17.8. The molecular formula is C16H19N3O5. The number of nitrogens with one attached hydrogen (secondary N) is 3. The molecule has 0 saturated carbocycles. The van der Waals surface area contributed by atoms with Gasteiger partial charge in [0.25, 0.3) is 0 Å². The summed E-state index contributed by atoms with van der Waals surface area (Å²) in [7, 11) is 0. The summed E-state index contributed by atoms with van der Waals surface area (Å²) < 4.78 is 0. The van der Waals surface area contributed by atoms with Gasteiger partial charge in [0.1, 0.15) is 12.1 Å². The van der Waals surface area contributed by atoms with Crippen LogP contribution in [0, 0.1) is 0 Å². The van der Waals surface area contributed by atoms with Gasteiger partial charge in [0, 0.05) is 29.9 Å². The Morgan fingerprint density at radius 3 is 2.75 bits per heavy atom. The number of H-pyrrole nitrogens is 1. The predicted octanol–water partition coefficient (Wildman–Crippen LogP) is -0.266. The van der Waals surface area contributed by atoms with E-state index in [1.807, 2.05) is 24.3 Å². The van der Waals surface area contributed by atoms with Gasteiger partial charge in [-0.15, -0.1) is 0 Å². The fraction of sp³-hybridized carbons (Fsp3) is 0.312. The first-order valence-electron chi connectivity index (χ1n) is 7.42. The van der Waals surface area contributed by atoms with Crippen LogP contribution in [0.25, 0.3) is 10.9 Å². The van der Waals surface area contributed by atoms with Crippen LogP contribution in [0.2, 0.25) is 0 Å². The third-order valence-electron chi connectivity index (χ3n) is 4.03. The molecule has 1 aliphatic heterocycles. The zero-order chi connectivity index (χ0) is 16.4. The van der Waals surface area contributed by atoms with Crippen molar-refractivity contribution in [1.29, 1.82) is 0 Å². The number of carboxylic acid groups (broad SMARTS) is 1. The molecule has 8 heteroatoms. The number of aliphatic carboxylic acids is 1. The highest BCUT2D eigenvalue weighted by Gasteiger charge is 2.30. The summed E-state index contributed by atoms with van der Waals surface area (Å²) in [4.78, 5) is 37.8. The van der Waals surface area contributed by atoms with Crippen LogP contribution in [0.4, 0.5) is 0 Å². The third kappa shape index (κ3) is 3.54. The number of benzene rings is 1. The molecule has 1 aromatic carbocycles. The Morgan fingerprint density at radius 1 is 1.33 bits per heavy atom. The topological polar surface area (TPSA) is 143 Å². The molecule has 1 fully saturated rings. The van der Waals surface area contributed by atoms with E-state index < -0.39 is 24.0 Å². The molecule has 3 rings (SSSR count). The first-order valence-corrected chi connectivity index (χ1v) is 7.42. The molecule has 2 unspecified atom stereocenters. The SMILES string of the molecule is O.O=C1CCC(C(=O)NC(Cc2c[nH]c3ccccc23)C(=O)O)N1. The van der Waals surface area contributed by atoms with Gasteiger partial charge in [-0.2, -0.15) is 0 Å². The lowest BCUT2D eigenvalue weighted by molar-refractivity contribution is -0.142. The molecule has 0 aliphatic carbocycles. The van der Waals surface area contributed by atoms with Crippen molar-refractivity contribution in [2.24, 2.45) is 0 Å². The first-order chi connectivity index (χ1) is 11.0. The van der Waals surface area contributed by atoms with Gasteiger partial charge in [0.2, 0.25) is 11.8 Å². The van der Waals surface area contributed by atoms with Gasteiger partial charge in [-0.1, -0.05) is 18.2 Å². The minimum Gasteiger partial charge on any atom is -0.480 e. The fourth-order valence-corrected chi connectivity index (χ4v) is 2.80. The van der Waals surface area contributed by atoms with Gasteiger partial charge in [-0.25, -0.2) is 4.79 Å². The maximum Gasteiger partial charge on any atom is 0.326 e. The molecule has 1 aromatic heterocycles. The number of hydrogen-bond donors (Lipinski definition) is 4. The van der Waals surface area contributed by atoms with Gasteiger partial charge >= 0.3 is 5.97 Å². The highest BCUT2D eigenvalue weighted by molar-refractivity contribution is 5.93. The zero-order valence-corrected chi connectivity index (χ0v) is 12.8. The van der Waals surface area contributed by atoms with Crippen LogP contribution in [0.3, 0.4) is 0 Å². The van der Waals surface area contributed by atoms with Crippen molar-refractivity contribution in [1.82, 2.24) is 15.6 Å². The maximum atomic E-state index is 12.1. The van der Waals surface area contributed by atoms with Gasteiger partial charge in [0.15, 0.2) is 0 Å². The van der Waals surface area contributed by atoms with Crippen molar-refractivity contribution in [2.45, 2.75) is 31.3 Å². The summed E-state index contributed by atoms with van der Waals surface area (Å²) in [5.74, 6) is -1.75. The van der Waals surface area contributed by atoms with Crippen LogP contribution < -0.4 is 10.6 Å². The van der Waals surface area contributed by atoms with Gasteiger partial charge in [0.05, 0.1) is 0 Å². The van der Waals surface area contributed by atoms with E-state index in [2.05, 4.69) is 15.6 Å². The molecule has 2 heterocycles. The number of carboxylic acids is 1. The van der Waals surface area contributed by atoms with E-state index in [0.29, 0.717) is 6.42 Å². The number of rotatable bonds is 5. The van der Waals surface area contributed by atoms with Crippen LogP contribution in [-0.2, 0) is 20.8 Å². The Hall–Kier alpha value is -2.87. The number of fused-ring (bicyclic) bond motifs is 1. The molecule has 2 atom stereocenters. The molecular weight excluding hydrogens is 314 g/mol. The molecule has 0 radical (unpaired) electrons. The molecule has 0 bridgehead atoms. The zero-order valence-electron chi connectivity index (χ0n) is 12.8. The molecule has 1 aliphatic rings. The summed E-state index contributed by atoms with van der Waals surface area (Å²) in [6, 6.07) is 5.89. The Balaban J connectivity index is 0.00000208. The summed E-state index contributed by atoms with van der Waals surface area (Å²) >= 11 is 0. The highest BCUT2D eigenvalue weighted by atomic mass is 16.4. The number of carbonyl (C=O) groups excluding carboxylic acids is 2. The number of amides is 2. The van der Waals surface area contributed by atoms with Crippen molar-refractivity contribution in [3.05, 3.63) is 36.0 Å². The summed E-state index contributed by atoms with van der Waals surface area (Å²) in [5.41, 5.74) is 1.74. The predicted molar refractivity (Wildman–Crippen MR) is 86.3 cm³/mol. The Labute approximate surface area is 137 Å². The van der Waals surface area contributed by atoms with Crippen molar-refractivity contribution >= 4 is 28.7 Å². The van der Waals surface area contributed by atoms with Crippen LogP contribution in [0.1, 0.15) is 18.4 Å². The number of aromatic amines is 1. The standard InChI is InChI=1S/C16H17N3O4.H2O/c20-14-6-5-12(18-14)15(21)19-13(16(22)23)7-9-8-17-11-4-2-1-3-10(9)11;/h1-4,8,12-13,17H,5-7H2,(H,18,20)(H,19,21)(H,22,23);1H2. The lowest BCUT2D eigenvalue weighted by Gasteiger charge is -2.17. The lowest BCUT2D eigenvalue weighted by Crippen LogP contribution is -2.49. The molecule has 6 N–H and O–H groups in total. The molecule has 8 nitrogen and oxygen atoms in total. The minimum absolute atomic E-state index is 0. The average molecular weight is 333 g/mol. The molecule has 2 aromatic rings. The average Bonchev–Trinajstić information content (AvgIpc) is 3.13. The Bertz CT molecular complexity index is 770. The van der Waals surface area contributed by atoms with Crippen molar-refractivity contribution < 1.29 is 25.0 Å². The monoisotopic (exact) mass is 333 g/mol. The van der Waals surface area contributed by atoms with E-state index in [0.717, 1.165) is 16.5 Å². The minimum atomic E-state index is -1.10. The summed E-state index contributed by atoms with van der Waals surface area (Å²) in [6.07, 6.45) is 2.61. The molecule has 0 spiro atoms. The van der Waals surface area contributed by atoms with E-state index in [-0.39, 0.29) is 24.2 Å². The lowest BCUT2D eigenvalue weighted by atomic mass is 10.0. The van der Waals surface area contributed by atoms with Crippen LogP contribution in [-0.4, -0.2) is 45.4 Å². The number of para-hydroxylation sites is 1. The molecule has 2 amide bonds. The van der Waals surface area contributed by atoms with Gasteiger partial charge < -0.3 is 26.2 Å². The van der Waals surface area contributed by atoms with Crippen LogP contribution in [0.15, 0.2) is 30.5 Å². The Kier molecular flexibility index (Phi) is 5.20. The molecule has 1 saturated heterocycles. The number of hydrogen-bond acceptors (Lipinski definition) is 3. The second-order valence-corrected chi connectivity index (χ2v) is 5.62. The summed E-state index contributed by atoms with van der Waals surface area (Å²) in [5, 5.41) is 15.4. The van der Waals surface area contributed by atoms with Gasteiger partial charge in [-0.3, -0.25) is 9.59 Å². The van der Waals surface area contributed by atoms with E-state index in [9.17, 15) is 19.5 Å². The maximum absolute atomic E-state index is 12.1. The van der Waals surface area contributed by atoms with Crippen LogP contribution >= 0.6 is 0 Å². The van der Waals surface area contributed by atoms with E-state index in [1.165, 1.54) is 0 Å². The molecule has 24 heavy (non-hydrogen) atoms. The van der Waals surface area contributed by atoms with Crippen LogP contribution in [0.5, 0.6) is 0 Å². The second kappa shape index (κ2) is 7.14. The van der Waals surface area contributed by atoms with E-state index >= 15 is 0 Å². The highest BCUT2D eigenvalue weighted by Crippen LogP contribution is 2.19. The third-order valence-corrected chi connectivity index (χ3v) is 4.03. The van der Waals surface area contributed by atoms with Gasteiger partial charge in [-0.05, 0) is 18.1 Å². The van der Waals surface area contributed by atoms with Crippen molar-refractivity contribution in [3.8, 4) is 0 Å². The van der Waals surface area contributed by atoms with Crippen molar-refractivity contribution in [3.63, 3.8) is 0 Å². The quantitative estimate of drug-likeness (QED) is 0.597. The van der Waals surface area contributed by atoms with E-state index in [4.69, 9.17) is 0 Å². The second-order valence-electron chi connectivity index (χ2n) is 5.62. The smallest absolute Gasteiger partial charge is 0.326 e. The van der Waals surface area contributed by atoms with Crippen molar-refractivity contribution in [2.75, 3.05) is 0 Å². The number of aromatic nitrogens is 1. The number of carbonyl (C=O) groups is 3. The fourth-order valence-electron chi connectivity index (χ4n) is 2.80. The largest absolute Gasteiger partial charge is 0.480 e. The van der Waals surface area contributed by atoms with E-state index in [1.54, 1.807) is 6.20 Å². The first kappa shape index (κ1) is 17.5. The molecule has 128 valence electrons. The summed E-state index contributed by atoms with van der Waals surface area (Å²) in [6.45, 7) is 0.